The number of unbranched alkanes of at least 4 members (excludes halogenated alkanes) is 1. The van der Waals surface area contributed by atoms with Crippen LogP contribution in [0.25, 0.3) is 0 Å². The highest BCUT2D eigenvalue weighted by molar-refractivity contribution is 5.83. The van der Waals surface area contributed by atoms with Crippen molar-refractivity contribution in [3.8, 4) is 0 Å². The number of amides is 2. The number of hydrogen-bond acceptors (Lipinski definition) is 4. The monoisotopic (exact) mass is 273 g/mol. The molecule has 0 aliphatic carbocycles. The summed E-state index contributed by atoms with van der Waals surface area (Å²) in [5.41, 5.74) is 0. The van der Waals surface area contributed by atoms with Crippen LogP contribution >= 0.6 is 0 Å². The Bertz CT molecular complexity index is 322. The molecule has 0 aromatic heterocycles. The molecule has 7 nitrogen and oxygen atoms in total. The Kier molecular flexibility index (Phi) is 6.04. The van der Waals surface area contributed by atoms with Gasteiger partial charge in [0.05, 0.1) is 6.10 Å². The molecule has 2 amide bonds. The predicted molar refractivity (Wildman–Crippen MR) is 69.9 cm³/mol. The number of likely N-dealkylation sites (tertiary alicyclic amines) is 1. The molecule has 1 rings (SSSR count). The molecule has 0 radical (unpaired) electrons. The zero-order valence-electron chi connectivity index (χ0n) is 11.5. The number of carbonyl (C=O) groups is 2. The van der Waals surface area contributed by atoms with Crippen LogP contribution in [0.15, 0.2) is 0 Å². The van der Waals surface area contributed by atoms with Crippen molar-refractivity contribution >= 4 is 12.0 Å². The van der Waals surface area contributed by atoms with E-state index in [1.54, 1.807) is 0 Å². The lowest BCUT2D eigenvalue weighted by molar-refractivity contribution is -0.141. The van der Waals surface area contributed by atoms with Crippen LogP contribution in [0, 0.1) is 0 Å². The highest BCUT2D eigenvalue weighted by Gasteiger charge is 2.38. The van der Waals surface area contributed by atoms with Crippen molar-refractivity contribution in [2.24, 2.45) is 0 Å². The van der Waals surface area contributed by atoms with Gasteiger partial charge in [-0.15, -0.1) is 0 Å². The Morgan fingerprint density at radius 2 is 2.05 bits per heavy atom. The summed E-state index contributed by atoms with van der Waals surface area (Å²) in [6.45, 7) is 1.56. The summed E-state index contributed by atoms with van der Waals surface area (Å²) in [7, 11) is 3.98. The predicted octanol–water partition coefficient (Wildman–Crippen LogP) is -0.442. The first-order valence-electron chi connectivity index (χ1n) is 6.52. The van der Waals surface area contributed by atoms with E-state index in [-0.39, 0.29) is 13.0 Å². The summed E-state index contributed by atoms with van der Waals surface area (Å²) >= 11 is 0. The lowest BCUT2D eigenvalue weighted by Gasteiger charge is -2.21. The molecule has 3 N–H and O–H groups in total. The average Bonchev–Trinajstić information content (AvgIpc) is 2.70. The largest absolute Gasteiger partial charge is 0.480 e. The zero-order chi connectivity index (χ0) is 14.4. The Hall–Kier alpha value is -1.34. The summed E-state index contributed by atoms with van der Waals surface area (Å²) in [6.07, 6.45) is 1.17. The van der Waals surface area contributed by atoms with E-state index in [0.717, 1.165) is 19.4 Å². The van der Waals surface area contributed by atoms with E-state index in [4.69, 9.17) is 5.11 Å². The minimum Gasteiger partial charge on any atom is -0.480 e. The molecular weight excluding hydrogens is 250 g/mol. The minimum absolute atomic E-state index is 0.0838. The molecule has 0 spiro atoms. The molecule has 1 heterocycles. The number of carbonyl (C=O) groups excluding carboxylic acids is 1. The van der Waals surface area contributed by atoms with Gasteiger partial charge in [-0.3, -0.25) is 0 Å². The van der Waals surface area contributed by atoms with E-state index in [1.807, 2.05) is 14.1 Å². The van der Waals surface area contributed by atoms with E-state index in [9.17, 15) is 14.7 Å². The van der Waals surface area contributed by atoms with E-state index < -0.39 is 24.1 Å². The van der Waals surface area contributed by atoms with E-state index >= 15 is 0 Å². The fourth-order valence-electron chi connectivity index (χ4n) is 2.12. The number of nitrogens with zero attached hydrogens (tertiary/aromatic N) is 2. The minimum atomic E-state index is -1.07. The van der Waals surface area contributed by atoms with Gasteiger partial charge in [-0.25, -0.2) is 9.59 Å². The maximum absolute atomic E-state index is 11.8. The maximum Gasteiger partial charge on any atom is 0.326 e. The van der Waals surface area contributed by atoms with Crippen LogP contribution < -0.4 is 5.32 Å². The van der Waals surface area contributed by atoms with Crippen molar-refractivity contribution in [2.45, 2.75) is 31.4 Å². The molecule has 0 aromatic carbocycles. The molecule has 0 bridgehead atoms. The van der Waals surface area contributed by atoms with Crippen molar-refractivity contribution in [3.63, 3.8) is 0 Å². The van der Waals surface area contributed by atoms with Crippen LogP contribution in [-0.4, -0.2) is 77.9 Å². The lowest BCUT2D eigenvalue weighted by atomic mass is 10.2. The molecule has 110 valence electrons. The van der Waals surface area contributed by atoms with Gasteiger partial charge in [-0.05, 0) is 33.5 Å². The van der Waals surface area contributed by atoms with Crippen LogP contribution in [0.4, 0.5) is 4.79 Å². The molecule has 1 saturated heterocycles. The van der Waals surface area contributed by atoms with E-state index in [0.29, 0.717) is 6.54 Å². The van der Waals surface area contributed by atoms with E-state index in [2.05, 4.69) is 10.2 Å². The quantitative estimate of drug-likeness (QED) is 0.570. The summed E-state index contributed by atoms with van der Waals surface area (Å²) in [4.78, 5) is 26.1. The second kappa shape index (κ2) is 7.30. The van der Waals surface area contributed by atoms with Crippen molar-refractivity contribution in [3.05, 3.63) is 0 Å². The number of nitrogens with one attached hydrogen (secondary N) is 1. The standard InChI is InChI=1S/C12H23N3O4/c1-14(2)6-4-3-5-13-12(19)15-8-9(16)7-10(15)11(17)18/h9-10,16H,3-8H2,1-2H3,(H,13,19)(H,17,18)/t9-,10+/m1/s1. The van der Waals surface area contributed by atoms with Gasteiger partial charge >= 0.3 is 12.0 Å². The van der Waals surface area contributed by atoms with Gasteiger partial charge in [0.2, 0.25) is 0 Å². The molecule has 1 aliphatic heterocycles. The number of aliphatic hydroxyl groups is 1. The Morgan fingerprint density at radius 3 is 2.63 bits per heavy atom. The Balaban J connectivity index is 2.30. The molecule has 0 aromatic rings. The van der Waals surface area contributed by atoms with Gasteiger partial charge in [0.25, 0.3) is 0 Å². The maximum atomic E-state index is 11.8. The second-order valence-corrected chi connectivity index (χ2v) is 5.14. The molecule has 1 fully saturated rings. The third-order valence-electron chi connectivity index (χ3n) is 3.13. The smallest absolute Gasteiger partial charge is 0.326 e. The van der Waals surface area contributed by atoms with Crippen LogP contribution in [0.2, 0.25) is 0 Å². The highest BCUT2D eigenvalue weighted by atomic mass is 16.4. The number of urea groups is 1. The number of hydrogen-bond donors (Lipinski definition) is 3. The van der Waals surface area contributed by atoms with Gasteiger partial charge in [0.15, 0.2) is 0 Å². The van der Waals surface area contributed by atoms with Gasteiger partial charge in [0.1, 0.15) is 6.04 Å². The summed E-state index contributed by atoms with van der Waals surface area (Å²) < 4.78 is 0. The molecule has 19 heavy (non-hydrogen) atoms. The first-order chi connectivity index (χ1) is 8.91. The van der Waals surface area contributed by atoms with Crippen molar-refractivity contribution in [1.29, 1.82) is 0 Å². The van der Waals surface area contributed by atoms with Crippen LogP contribution in [0.3, 0.4) is 0 Å². The molecule has 0 unspecified atom stereocenters. The topological polar surface area (TPSA) is 93.1 Å². The summed E-state index contributed by atoms with van der Waals surface area (Å²) in [5.74, 6) is -1.07. The number of aliphatic hydroxyl groups excluding tert-OH is 1. The van der Waals surface area contributed by atoms with Crippen LogP contribution in [0.5, 0.6) is 0 Å². The van der Waals surface area contributed by atoms with Crippen molar-refractivity contribution in [2.75, 3.05) is 33.7 Å². The van der Waals surface area contributed by atoms with Crippen molar-refractivity contribution in [1.82, 2.24) is 15.1 Å². The summed E-state index contributed by atoms with van der Waals surface area (Å²) in [5, 5.41) is 21.1. The fourth-order valence-corrected chi connectivity index (χ4v) is 2.12. The number of carboxylic acid groups (broad SMARTS) is 1. The SMILES string of the molecule is CN(C)CCCCNC(=O)N1C[C@H](O)C[C@H]1C(=O)O. The highest BCUT2D eigenvalue weighted by Crippen LogP contribution is 2.17. The van der Waals surface area contributed by atoms with Crippen LogP contribution in [-0.2, 0) is 4.79 Å². The van der Waals surface area contributed by atoms with Gasteiger partial charge in [-0.2, -0.15) is 0 Å². The van der Waals surface area contributed by atoms with Gasteiger partial charge < -0.3 is 25.3 Å². The molecule has 0 saturated carbocycles. The normalized spacial score (nSPS) is 22.8. The van der Waals surface area contributed by atoms with Crippen molar-refractivity contribution < 1.29 is 19.8 Å². The third kappa shape index (κ3) is 5.04. The molecular formula is C12H23N3O4. The molecule has 2 atom stereocenters. The second-order valence-electron chi connectivity index (χ2n) is 5.14. The summed E-state index contributed by atoms with van der Waals surface area (Å²) in [6, 6.07) is -1.33. The van der Waals surface area contributed by atoms with Gasteiger partial charge in [-0.1, -0.05) is 0 Å². The van der Waals surface area contributed by atoms with E-state index in [1.165, 1.54) is 4.90 Å². The lowest BCUT2D eigenvalue weighted by Crippen LogP contribution is -2.46. The molecule has 1 aliphatic rings. The third-order valence-corrected chi connectivity index (χ3v) is 3.13. The number of aliphatic carboxylic acids is 1. The fraction of sp³-hybridized carbons (Fsp3) is 0.833. The zero-order valence-corrected chi connectivity index (χ0v) is 11.5. The first-order valence-corrected chi connectivity index (χ1v) is 6.52. The number of rotatable bonds is 6. The Labute approximate surface area is 113 Å². The first kappa shape index (κ1) is 15.7. The number of β-amino-alcohol motifs (C(OH)–C–C–N with tert-alkyl or cyclic N) is 1. The Morgan fingerprint density at radius 1 is 1.37 bits per heavy atom. The molecule has 7 heteroatoms. The average molecular weight is 273 g/mol. The number of carboxylic acids is 1. The van der Waals surface area contributed by atoms with Crippen LogP contribution in [0.1, 0.15) is 19.3 Å². The van der Waals surface area contributed by atoms with Gasteiger partial charge in [0, 0.05) is 19.5 Å².